The van der Waals surface area contributed by atoms with Gasteiger partial charge in [-0.15, -0.1) is 0 Å². The average molecular weight is 203 g/mol. The zero-order chi connectivity index (χ0) is 10.8. The maximum atomic E-state index is 5.75. The van der Waals surface area contributed by atoms with E-state index in [-0.39, 0.29) is 0 Å². The molecule has 2 rings (SSSR count). The van der Waals surface area contributed by atoms with Crippen molar-refractivity contribution in [3.63, 3.8) is 0 Å². The van der Waals surface area contributed by atoms with Crippen molar-refractivity contribution >= 4 is 11.0 Å². The summed E-state index contributed by atoms with van der Waals surface area (Å²) >= 11 is 0. The summed E-state index contributed by atoms with van der Waals surface area (Å²) in [6.45, 7) is 4.88. The van der Waals surface area contributed by atoms with Gasteiger partial charge in [-0.05, 0) is 24.0 Å². The molecule has 1 aromatic heterocycles. The van der Waals surface area contributed by atoms with Crippen molar-refractivity contribution in [2.75, 3.05) is 0 Å². The average Bonchev–Trinajstić information content (AvgIpc) is 2.70. The fourth-order valence-corrected chi connectivity index (χ4v) is 1.85. The molecule has 0 saturated heterocycles. The van der Waals surface area contributed by atoms with E-state index in [9.17, 15) is 0 Å². The maximum absolute atomic E-state index is 5.75. The summed E-state index contributed by atoms with van der Waals surface area (Å²) in [4.78, 5) is 0. The lowest BCUT2D eigenvalue weighted by atomic mass is 9.97. The molecule has 2 nitrogen and oxygen atoms in total. The van der Waals surface area contributed by atoms with E-state index < -0.39 is 0 Å². The normalized spacial score (nSPS) is 13.3. The highest BCUT2D eigenvalue weighted by Crippen LogP contribution is 2.29. The van der Waals surface area contributed by atoms with E-state index in [0.29, 0.717) is 12.5 Å². The van der Waals surface area contributed by atoms with Crippen LogP contribution in [0.25, 0.3) is 11.0 Å². The lowest BCUT2D eigenvalue weighted by Gasteiger charge is -2.08. The van der Waals surface area contributed by atoms with Crippen LogP contribution in [-0.4, -0.2) is 0 Å². The van der Waals surface area contributed by atoms with Crippen LogP contribution in [0.3, 0.4) is 0 Å². The zero-order valence-corrected chi connectivity index (χ0v) is 9.29. The Morgan fingerprint density at radius 3 is 2.87 bits per heavy atom. The minimum absolute atomic E-state index is 0.467. The molecule has 0 spiro atoms. The van der Waals surface area contributed by atoms with Gasteiger partial charge < -0.3 is 10.2 Å². The van der Waals surface area contributed by atoms with Gasteiger partial charge in [0.1, 0.15) is 11.3 Å². The topological polar surface area (TPSA) is 39.2 Å². The molecule has 2 heteroatoms. The first-order valence-electron chi connectivity index (χ1n) is 5.47. The first-order valence-corrected chi connectivity index (χ1v) is 5.47. The van der Waals surface area contributed by atoms with Gasteiger partial charge in [-0.25, -0.2) is 0 Å². The third-order valence-electron chi connectivity index (χ3n) is 2.97. The highest BCUT2D eigenvalue weighted by atomic mass is 16.3. The summed E-state index contributed by atoms with van der Waals surface area (Å²) in [6, 6.07) is 8.32. The lowest BCUT2D eigenvalue weighted by Crippen LogP contribution is -1.93. The Bertz CT molecular complexity index is 459. The second kappa shape index (κ2) is 4.07. The second-order valence-corrected chi connectivity index (χ2v) is 3.99. The number of hydrogen-bond donors (Lipinski definition) is 1. The van der Waals surface area contributed by atoms with Crippen LogP contribution in [0.15, 0.2) is 28.7 Å². The van der Waals surface area contributed by atoms with Gasteiger partial charge in [0.25, 0.3) is 0 Å². The van der Waals surface area contributed by atoms with Crippen LogP contribution in [0.4, 0.5) is 0 Å². The third kappa shape index (κ3) is 1.77. The summed E-state index contributed by atoms with van der Waals surface area (Å²) in [7, 11) is 0. The molecule has 0 fully saturated rings. The van der Waals surface area contributed by atoms with Crippen LogP contribution in [0, 0.1) is 0 Å². The molecule has 0 aliphatic carbocycles. The summed E-state index contributed by atoms with van der Waals surface area (Å²) < 4.78 is 5.75. The van der Waals surface area contributed by atoms with Crippen molar-refractivity contribution < 1.29 is 4.42 Å². The predicted octanol–water partition coefficient (Wildman–Crippen LogP) is 3.41. The van der Waals surface area contributed by atoms with Gasteiger partial charge in [-0.2, -0.15) is 0 Å². The minimum atomic E-state index is 0.467. The van der Waals surface area contributed by atoms with E-state index >= 15 is 0 Å². The molecular formula is C13H17NO. The molecule has 1 aromatic carbocycles. The van der Waals surface area contributed by atoms with Crippen molar-refractivity contribution in [2.24, 2.45) is 5.73 Å². The Kier molecular flexibility index (Phi) is 2.78. The molecule has 2 N–H and O–H groups in total. The second-order valence-electron chi connectivity index (χ2n) is 3.99. The number of fused-ring (bicyclic) bond motifs is 1. The van der Waals surface area contributed by atoms with Gasteiger partial charge in [-0.3, -0.25) is 0 Å². The molecule has 0 radical (unpaired) electrons. The van der Waals surface area contributed by atoms with E-state index in [1.54, 1.807) is 0 Å². The van der Waals surface area contributed by atoms with E-state index in [1.807, 2.05) is 6.07 Å². The number of rotatable bonds is 3. The van der Waals surface area contributed by atoms with Crippen LogP contribution in [0.1, 0.15) is 37.5 Å². The molecule has 0 amide bonds. The Labute approximate surface area is 90.1 Å². The predicted molar refractivity (Wildman–Crippen MR) is 62.8 cm³/mol. The highest BCUT2D eigenvalue weighted by Gasteiger charge is 2.11. The summed E-state index contributed by atoms with van der Waals surface area (Å²) in [6.07, 6.45) is 1.12. The summed E-state index contributed by atoms with van der Waals surface area (Å²) in [5.41, 5.74) is 7.87. The third-order valence-corrected chi connectivity index (χ3v) is 2.97. The first-order chi connectivity index (χ1) is 7.26. The zero-order valence-electron chi connectivity index (χ0n) is 9.29. The van der Waals surface area contributed by atoms with E-state index in [0.717, 1.165) is 23.2 Å². The quantitative estimate of drug-likeness (QED) is 0.830. The Morgan fingerprint density at radius 2 is 2.20 bits per heavy atom. The van der Waals surface area contributed by atoms with Crippen LogP contribution in [-0.2, 0) is 6.54 Å². The van der Waals surface area contributed by atoms with Gasteiger partial charge in [0.15, 0.2) is 0 Å². The van der Waals surface area contributed by atoms with Crippen molar-refractivity contribution in [1.29, 1.82) is 0 Å². The summed E-state index contributed by atoms with van der Waals surface area (Å²) in [5.74, 6) is 1.39. The van der Waals surface area contributed by atoms with E-state index in [2.05, 4.69) is 32.0 Å². The van der Waals surface area contributed by atoms with Gasteiger partial charge in [-0.1, -0.05) is 32.0 Å². The maximum Gasteiger partial charge on any atom is 0.137 e. The fourth-order valence-electron chi connectivity index (χ4n) is 1.85. The molecule has 80 valence electrons. The largest absolute Gasteiger partial charge is 0.459 e. The molecule has 0 aliphatic heterocycles. The van der Waals surface area contributed by atoms with Crippen LogP contribution in [0.5, 0.6) is 0 Å². The molecule has 0 bridgehead atoms. The Morgan fingerprint density at radius 1 is 1.40 bits per heavy atom. The van der Waals surface area contributed by atoms with Crippen LogP contribution in [0.2, 0.25) is 0 Å². The molecular weight excluding hydrogens is 186 g/mol. The van der Waals surface area contributed by atoms with Crippen molar-refractivity contribution in [3.8, 4) is 0 Å². The van der Waals surface area contributed by atoms with Crippen LogP contribution < -0.4 is 5.73 Å². The van der Waals surface area contributed by atoms with Crippen LogP contribution >= 0.6 is 0 Å². The number of para-hydroxylation sites is 1. The van der Waals surface area contributed by atoms with Crippen molar-refractivity contribution in [3.05, 3.63) is 35.6 Å². The van der Waals surface area contributed by atoms with Gasteiger partial charge in [0.05, 0.1) is 6.54 Å². The van der Waals surface area contributed by atoms with Crippen molar-refractivity contribution in [1.82, 2.24) is 0 Å². The minimum Gasteiger partial charge on any atom is -0.459 e. The number of benzene rings is 1. The number of hydrogen-bond acceptors (Lipinski definition) is 2. The SMILES string of the molecule is CCC(C)c1cccc2cc(CN)oc12. The van der Waals surface area contributed by atoms with Gasteiger partial charge in [0.2, 0.25) is 0 Å². The standard InChI is InChI=1S/C13H17NO/c1-3-9(2)12-6-4-5-10-7-11(8-14)15-13(10)12/h4-7,9H,3,8,14H2,1-2H3. The number of nitrogens with two attached hydrogens (primary N) is 1. The molecule has 15 heavy (non-hydrogen) atoms. The first kappa shape index (κ1) is 10.2. The smallest absolute Gasteiger partial charge is 0.137 e. The molecule has 1 atom stereocenters. The molecule has 2 aromatic rings. The Balaban J connectivity index is 2.59. The fraction of sp³-hybridized carbons (Fsp3) is 0.385. The molecule has 1 unspecified atom stereocenters. The molecule has 0 saturated carbocycles. The van der Waals surface area contributed by atoms with Crippen molar-refractivity contribution in [2.45, 2.75) is 32.7 Å². The van der Waals surface area contributed by atoms with Gasteiger partial charge >= 0.3 is 0 Å². The Hall–Kier alpha value is -1.28. The molecule has 1 heterocycles. The lowest BCUT2D eigenvalue weighted by molar-refractivity contribution is 0.544. The van der Waals surface area contributed by atoms with E-state index in [1.165, 1.54) is 5.56 Å². The number of furan rings is 1. The molecule has 0 aliphatic rings. The summed E-state index contributed by atoms with van der Waals surface area (Å²) in [5, 5.41) is 1.16. The monoisotopic (exact) mass is 203 g/mol. The van der Waals surface area contributed by atoms with Gasteiger partial charge in [0, 0.05) is 5.39 Å². The highest BCUT2D eigenvalue weighted by molar-refractivity contribution is 5.81. The van der Waals surface area contributed by atoms with E-state index in [4.69, 9.17) is 10.2 Å².